The predicted octanol–water partition coefficient (Wildman–Crippen LogP) is 0.274. The number of rotatable bonds is 3. The number of hydrogen-bond acceptors (Lipinski definition) is 4. The molecule has 1 aromatic heterocycles. The maximum atomic E-state index is 12.1. The Morgan fingerprint density at radius 3 is 2.82 bits per heavy atom. The molecule has 0 spiro atoms. The summed E-state index contributed by atoms with van der Waals surface area (Å²) in [7, 11) is 3.93. The first-order valence-corrected chi connectivity index (χ1v) is 5.73. The van der Waals surface area contributed by atoms with E-state index < -0.39 is 0 Å². The van der Waals surface area contributed by atoms with Crippen molar-refractivity contribution >= 4 is 5.91 Å². The van der Waals surface area contributed by atoms with Crippen LogP contribution in [0.15, 0.2) is 22.8 Å². The van der Waals surface area contributed by atoms with Gasteiger partial charge in [-0.25, -0.2) is 0 Å². The average Bonchev–Trinajstić information content (AvgIpc) is 2.97. The van der Waals surface area contributed by atoms with Gasteiger partial charge in [0.2, 0.25) is 0 Å². The molecule has 1 N–H and O–H groups in total. The standard InChI is InChI=1S/C12H18N2O3/c1-13(2)10-7-14(6-9(10)8-15)12(16)11-4-3-5-17-11/h3-5,9-10,15H,6-8H2,1-2H3/t9-,10+/m0/s1. The van der Waals surface area contributed by atoms with E-state index in [-0.39, 0.29) is 24.5 Å². The Bertz CT molecular complexity index is 375. The summed E-state index contributed by atoms with van der Waals surface area (Å²) in [6.45, 7) is 1.32. The third-order valence-corrected chi connectivity index (χ3v) is 3.32. The van der Waals surface area contributed by atoms with Gasteiger partial charge in [-0.3, -0.25) is 4.79 Å². The summed E-state index contributed by atoms with van der Waals surface area (Å²) in [5.74, 6) is 0.378. The van der Waals surface area contributed by atoms with Gasteiger partial charge in [0.1, 0.15) is 0 Å². The number of carbonyl (C=O) groups is 1. The maximum absolute atomic E-state index is 12.1. The number of nitrogens with zero attached hydrogens (tertiary/aromatic N) is 2. The molecular formula is C12H18N2O3. The highest BCUT2D eigenvalue weighted by Gasteiger charge is 2.36. The van der Waals surface area contributed by atoms with E-state index in [1.807, 2.05) is 14.1 Å². The van der Waals surface area contributed by atoms with Crippen molar-refractivity contribution in [1.29, 1.82) is 0 Å². The molecule has 0 aliphatic carbocycles. The second-order valence-electron chi connectivity index (χ2n) is 4.66. The van der Waals surface area contributed by atoms with Crippen LogP contribution in [0.2, 0.25) is 0 Å². The van der Waals surface area contributed by atoms with Gasteiger partial charge in [-0.15, -0.1) is 0 Å². The molecule has 1 saturated heterocycles. The third kappa shape index (κ3) is 2.35. The lowest BCUT2D eigenvalue weighted by Crippen LogP contribution is -2.37. The molecule has 2 rings (SSSR count). The second kappa shape index (κ2) is 4.89. The van der Waals surface area contributed by atoms with Gasteiger partial charge in [0.25, 0.3) is 5.91 Å². The molecule has 0 radical (unpaired) electrons. The molecule has 94 valence electrons. The first-order chi connectivity index (χ1) is 8.13. The van der Waals surface area contributed by atoms with Crippen LogP contribution < -0.4 is 0 Å². The number of aliphatic hydroxyl groups is 1. The monoisotopic (exact) mass is 238 g/mol. The van der Waals surface area contributed by atoms with Crippen molar-refractivity contribution in [3.8, 4) is 0 Å². The number of likely N-dealkylation sites (N-methyl/N-ethyl adjacent to an activating group) is 1. The fourth-order valence-electron chi connectivity index (χ4n) is 2.34. The van der Waals surface area contributed by atoms with Gasteiger partial charge in [0.05, 0.1) is 6.26 Å². The highest BCUT2D eigenvalue weighted by atomic mass is 16.3. The smallest absolute Gasteiger partial charge is 0.289 e. The van der Waals surface area contributed by atoms with Crippen LogP contribution in [0, 0.1) is 5.92 Å². The Morgan fingerprint density at radius 2 is 2.35 bits per heavy atom. The van der Waals surface area contributed by atoms with E-state index >= 15 is 0 Å². The molecule has 0 bridgehead atoms. The molecule has 1 aromatic rings. The lowest BCUT2D eigenvalue weighted by molar-refractivity contribution is 0.0747. The average molecular weight is 238 g/mol. The number of carbonyl (C=O) groups excluding carboxylic acids is 1. The summed E-state index contributed by atoms with van der Waals surface area (Å²) >= 11 is 0. The van der Waals surface area contributed by atoms with Crippen molar-refractivity contribution in [3.05, 3.63) is 24.2 Å². The zero-order valence-corrected chi connectivity index (χ0v) is 10.2. The predicted molar refractivity (Wildman–Crippen MR) is 62.7 cm³/mol. The van der Waals surface area contributed by atoms with Gasteiger partial charge in [-0.2, -0.15) is 0 Å². The summed E-state index contributed by atoms with van der Waals surface area (Å²) in [6, 6.07) is 3.58. The molecule has 1 fully saturated rings. The fourth-order valence-corrected chi connectivity index (χ4v) is 2.34. The summed E-state index contributed by atoms with van der Waals surface area (Å²) in [5.41, 5.74) is 0. The number of aliphatic hydroxyl groups excluding tert-OH is 1. The van der Waals surface area contributed by atoms with Crippen LogP contribution in [0.4, 0.5) is 0 Å². The Hall–Kier alpha value is -1.33. The van der Waals surface area contributed by atoms with E-state index in [4.69, 9.17) is 4.42 Å². The summed E-state index contributed by atoms with van der Waals surface area (Å²) < 4.78 is 5.10. The van der Waals surface area contributed by atoms with Crippen LogP contribution in [0.25, 0.3) is 0 Å². The lowest BCUT2D eigenvalue weighted by atomic mass is 10.0. The summed E-state index contributed by atoms with van der Waals surface area (Å²) in [6.07, 6.45) is 1.50. The Labute approximate surface area is 101 Å². The van der Waals surface area contributed by atoms with E-state index in [1.165, 1.54) is 6.26 Å². The molecule has 5 heteroatoms. The zero-order valence-electron chi connectivity index (χ0n) is 10.2. The largest absolute Gasteiger partial charge is 0.459 e. The van der Waals surface area contributed by atoms with Gasteiger partial charge in [-0.1, -0.05) is 0 Å². The van der Waals surface area contributed by atoms with Crippen LogP contribution in [0.3, 0.4) is 0 Å². The van der Waals surface area contributed by atoms with E-state index in [1.54, 1.807) is 17.0 Å². The van der Waals surface area contributed by atoms with Crippen molar-refractivity contribution in [2.24, 2.45) is 5.92 Å². The molecule has 5 nitrogen and oxygen atoms in total. The van der Waals surface area contributed by atoms with Gasteiger partial charge in [0.15, 0.2) is 5.76 Å². The highest BCUT2D eigenvalue weighted by molar-refractivity contribution is 5.91. The minimum absolute atomic E-state index is 0.0993. The molecule has 0 unspecified atom stereocenters. The van der Waals surface area contributed by atoms with Crippen LogP contribution in [0.1, 0.15) is 10.6 Å². The van der Waals surface area contributed by atoms with Gasteiger partial charge >= 0.3 is 0 Å². The van der Waals surface area contributed by atoms with E-state index in [0.717, 1.165) is 0 Å². The first kappa shape index (κ1) is 12.1. The Kier molecular flexibility index (Phi) is 3.49. The maximum Gasteiger partial charge on any atom is 0.289 e. The topological polar surface area (TPSA) is 56.9 Å². The van der Waals surface area contributed by atoms with Crippen molar-refractivity contribution < 1.29 is 14.3 Å². The summed E-state index contributed by atoms with van der Waals surface area (Å²) in [4.78, 5) is 15.9. The number of amides is 1. The van der Waals surface area contributed by atoms with E-state index in [9.17, 15) is 9.90 Å². The normalized spacial score (nSPS) is 24.6. The van der Waals surface area contributed by atoms with Crippen LogP contribution in [0.5, 0.6) is 0 Å². The molecule has 1 aliphatic rings. The van der Waals surface area contributed by atoms with Crippen LogP contribution in [-0.2, 0) is 0 Å². The number of furan rings is 1. The van der Waals surface area contributed by atoms with Crippen molar-refractivity contribution in [3.63, 3.8) is 0 Å². The molecule has 0 aromatic carbocycles. The van der Waals surface area contributed by atoms with Crippen molar-refractivity contribution in [1.82, 2.24) is 9.80 Å². The molecule has 2 heterocycles. The minimum Gasteiger partial charge on any atom is -0.459 e. The van der Waals surface area contributed by atoms with Crippen molar-refractivity contribution in [2.75, 3.05) is 33.8 Å². The lowest BCUT2D eigenvalue weighted by Gasteiger charge is -2.23. The SMILES string of the molecule is CN(C)[C@@H]1CN(C(=O)c2ccco2)C[C@H]1CO. The Morgan fingerprint density at radius 1 is 1.59 bits per heavy atom. The van der Waals surface area contributed by atoms with Crippen molar-refractivity contribution in [2.45, 2.75) is 6.04 Å². The highest BCUT2D eigenvalue weighted by Crippen LogP contribution is 2.22. The first-order valence-electron chi connectivity index (χ1n) is 5.73. The second-order valence-corrected chi connectivity index (χ2v) is 4.66. The van der Waals surface area contributed by atoms with Crippen LogP contribution in [-0.4, -0.2) is 60.6 Å². The van der Waals surface area contributed by atoms with E-state index in [0.29, 0.717) is 18.8 Å². The molecule has 17 heavy (non-hydrogen) atoms. The Balaban J connectivity index is 2.07. The molecular weight excluding hydrogens is 220 g/mol. The zero-order chi connectivity index (χ0) is 12.4. The van der Waals surface area contributed by atoms with Gasteiger partial charge in [-0.05, 0) is 26.2 Å². The van der Waals surface area contributed by atoms with Gasteiger partial charge < -0.3 is 19.3 Å². The van der Waals surface area contributed by atoms with E-state index in [2.05, 4.69) is 4.90 Å². The molecule has 2 atom stereocenters. The molecule has 1 aliphatic heterocycles. The number of likely N-dealkylation sites (tertiary alicyclic amines) is 1. The third-order valence-electron chi connectivity index (χ3n) is 3.32. The quantitative estimate of drug-likeness (QED) is 0.821. The number of hydrogen-bond donors (Lipinski definition) is 1. The van der Waals surface area contributed by atoms with Gasteiger partial charge in [0, 0.05) is 31.7 Å². The van der Waals surface area contributed by atoms with Crippen LogP contribution >= 0.6 is 0 Å². The summed E-state index contributed by atoms with van der Waals surface area (Å²) in [5, 5.41) is 9.33. The molecule has 1 amide bonds. The fraction of sp³-hybridized carbons (Fsp3) is 0.583. The minimum atomic E-state index is -0.0993. The molecule has 0 saturated carbocycles.